The number of rotatable bonds is 5. The third kappa shape index (κ3) is 4.10. The maximum absolute atomic E-state index is 5.64. The second-order valence-corrected chi connectivity index (χ2v) is 3.83. The monoisotopic (exact) mass is 196 g/mol. The SMILES string of the molecule is C#CCCC(CC1CCCCO1)NN. The van der Waals surface area contributed by atoms with Crippen molar-refractivity contribution in [1.82, 2.24) is 5.43 Å². The molecule has 1 saturated heterocycles. The predicted molar refractivity (Wildman–Crippen MR) is 57.4 cm³/mol. The van der Waals surface area contributed by atoms with Crippen molar-refractivity contribution in [3.05, 3.63) is 0 Å². The molecule has 0 radical (unpaired) electrons. The predicted octanol–water partition coefficient (Wildman–Crippen LogP) is 1.19. The average molecular weight is 196 g/mol. The molecule has 0 aromatic heterocycles. The molecule has 3 heteroatoms. The first-order valence-electron chi connectivity index (χ1n) is 5.38. The first-order chi connectivity index (χ1) is 6.86. The van der Waals surface area contributed by atoms with Crippen LogP contribution >= 0.6 is 0 Å². The molecule has 0 aromatic rings. The van der Waals surface area contributed by atoms with Gasteiger partial charge in [0.25, 0.3) is 0 Å². The number of nitrogens with one attached hydrogen (secondary N) is 1. The van der Waals surface area contributed by atoms with Gasteiger partial charge in [-0.25, -0.2) is 0 Å². The number of nitrogens with two attached hydrogens (primary N) is 1. The van der Waals surface area contributed by atoms with Crippen LogP contribution in [0, 0.1) is 12.3 Å². The molecule has 0 amide bonds. The highest BCUT2D eigenvalue weighted by atomic mass is 16.5. The van der Waals surface area contributed by atoms with Crippen LogP contribution in [-0.2, 0) is 4.74 Å². The second-order valence-electron chi connectivity index (χ2n) is 3.83. The summed E-state index contributed by atoms with van der Waals surface area (Å²) < 4.78 is 5.64. The number of hydrogen-bond donors (Lipinski definition) is 2. The van der Waals surface area contributed by atoms with Crippen molar-refractivity contribution in [2.75, 3.05) is 6.61 Å². The van der Waals surface area contributed by atoms with E-state index >= 15 is 0 Å². The Morgan fingerprint density at radius 1 is 1.57 bits per heavy atom. The van der Waals surface area contributed by atoms with E-state index in [1.807, 2.05) is 0 Å². The Hall–Kier alpha value is -0.560. The summed E-state index contributed by atoms with van der Waals surface area (Å²) in [5, 5.41) is 0. The first-order valence-corrected chi connectivity index (χ1v) is 5.38. The van der Waals surface area contributed by atoms with Gasteiger partial charge < -0.3 is 4.74 Å². The Labute approximate surface area is 86.4 Å². The van der Waals surface area contributed by atoms with Gasteiger partial charge in [-0.15, -0.1) is 12.3 Å². The minimum atomic E-state index is 0.300. The molecule has 80 valence electrons. The molecule has 0 aliphatic carbocycles. The Bertz CT molecular complexity index is 182. The molecule has 1 aliphatic rings. The minimum absolute atomic E-state index is 0.300. The lowest BCUT2D eigenvalue weighted by Gasteiger charge is -2.26. The number of hydrogen-bond acceptors (Lipinski definition) is 3. The lowest BCUT2D eigenvalue weighted by molar-refractivity contribution is 0.00479. The fourth-order valence-corrected chi connectivity index (χ4v) is 1.84. The molecular formula is C11H20N2O. The molecule has 2 atom stereocenters. The van der Waals surface area contributed by atoms with Crippen LogP contribution in [0.3, 0.4) is 0 Å². The van der Waals surface area contributed by atoms with E-state index in [-0.39, 0.29) is 0 Å². The van der Waals surface area contributed by atoms with E-state index in [1.54, 1.807) is 0 Å². The van der Waals surface area contributed by atoms with Gasteiger partial charge in [0.15, 0.2) is 0 Å². The number of terminal acetylenes is 1. The van der Waals surface area contributed by atoms with Crippen LogP contribution in [0.1, 0.15) is 38.5 Å². The quantitative estimate of drug-likeness (QED) is 0.394. The van der Waals surface area contributed by atoms with Crippen molar-refractivity contribution in [3.8, 4) is 12.3 Å². The van der Waals surface area contributed by atoms with Crippen LogP contribution in [0.5, 0.6) is 0 Å². The van der Waals surface area contributed by atoms with Gasteiger partial charge >= 0.3 is 0 Å². The van der Waals surface area contributed by atoms with Crippen LogP contribution in [0.15, 0.2) is 0 Å². The lowest BCUT2D eigenvalue weighted by Crippen LogP contribution is -2.38. The topological polar surface area (TPSA) is 47.3 Å². The van der Waals surface area contributed by atoms with Crippen molar-refractivity contribution in [2.45, 2.75) is 50.7 Å². The number of ether oxygens (including phenoxy) is 1. The lowest BCUT2D eigenvalue weighted by atomic mass is 9.99. The maximum atomic E-state index is 5.64. The minimum Gasteiger partial charge on any atom is -0.378 e. The largest absolute Gasteiger partial charge is 0.378 e. The summed E-state index contributed by atoms with van der Waals surface area (Å²) in [5.74, 6) is 8.09. The van der Waals surface area contributed by atoms with Gasteiger partial charge in [-0.05, 0) is 32.1 Å². The summed E-state index contributed by atoms with van der Waals surface area (Å²) >= 11 is 0. The highest BCUT2D eigenvalue weighted by Gasteiger charge is 2.18. The molecule has 0 spiro atoms. The Kier molecular flexibility index (Phi) is 5.62. The van der Waals surface area contributed by atoms with Gasteiger partial charge in [0.2, 0.25) is 0 Å². The molecule has 3 N–H and O–H groups in total. The van der Waals surface area contributed by atoms with Crippen LogP contribution < -0.4 is 11.3 Å². The van der Waals surface area contributed by atoms with E-state index in [4.69, 9.17) is 17.0 Å². The van der Waals surface area contributed by atoms with E-state index in [0.717, 1.165) is 32.3 Å². The standard InChI is InChI=1S/C11H20N2O/c1-2-3-6-10(13-12)9-11-7-4-5-8-14-11/h1,10-11,13H,3-9,12H2. The Morgan fingerprint density at radius 2 is 2.43 bits per heavy atom. The van der Waals surface area contributed by atoms with E-state index in [2.05, 4.69) is 11.3 Å². The molecule has 14 heavy (non-hydrogen) atoms. The summed E-state index contributed by atoms with van der Waals surface area (Å²) in [6.45, 7) is 0.900. The first kappa shape index (κ1) is 11.5. The summed E-state index contributed by atoms with van der Waals surface area (Å²) in [7, 11) is 0. The average Bonchev–Trinajstić information content (AvgIpc) is 2.25. The van der Waals surface area contributed by atoms with Crippen molar-refractivity contribution < 1.29 is 4.74 Å². The van der Waals surface area contributed by atoms with E-state index in [0.29, 0.717) is 12.1 Å². The van der Waals surface area contributed by atoms with Crippen LogP contribution in [0.4, 0.5) is 0 Å². The fraction of sp³-hybridized carbons (Fsp3) is 0.818. The molecule has 2 unspecified atom stereocenters. The smallest absolute Gasteiger partial charge is 0.0590 e. The molecule has 0 saturated carbocycles. The molecular weight excluding hydrogens is 176 g/mol. The zero-order valence-electron chi connectivity index (χ0n) is 8.67. The molecule has 1 aliphatic heterocycles. The molecule has 0 bridgehead atoms. The molecule has 3 nitrogen and oxygen atoms in total. The second kappa shape index (κ2) is 6.83. The van der Waals surface area contributed by atoms with E-state index < -0.39 is 0 Å². The third-order valence-corrected chi connectivity index (χ3v) is 2.69. The highest BCUT2D eigenvalue weighted by molar-refractivity contribution is 4.86. The normalized spacial score (nSPS) is 24.1. The maximum Gasteiger partial charge on any atom is 0.0590 e. The van der Waals surface area contributed by atoms with Crippen molar-refractivity contribution >= 4 is 0 Å². The van der Waals surface area contributed by atoms with Crippen molar-refractivity contribution in [2.24, 2.45) is 5.84 Å². The zero-order valence-corrected chi connectivity index (χ0v) is 8.67. The van der Waals surface area contributed by atoms with Crippen molar-refractivity contribution in [1.29, 1.82) is 0 Å². The van der Waals surface area contributed by atoms with Crippen LogP contribution in [0.25, 0.3) is 0 Å². The van der Waals surface area contributed by atoms with Gasteiger partial charge in [-0.3, -0.25) is 11.3 Å². The van der Waals surface area contributed by atoms with Crippen LogP contribution in [-0.4, -0.2) is 18.8 Å². The van der Waals surface area contributed by atoms with Crippen LogP contribution in [0.2, 0.25) is 0 Å². The third-order valence-electron chi connectivity index (χ3n) is 2.69. The van der Waals surface area contributed by atoms with Crippen molar-refractivity contribution in [3.63, 3.8) is 0 Å². The Morgan fingerprint density at radius 3 is 3.00 bits per heavy atom. The molecule has 1 heterocycles. The zero-order chi connectivity index (χ0) is 10.2. The van der Waals surface area contributed by atoms with Gasteiger partial charge in [0.1, 0.15) is 0 Å². The van der Waals surface area contributed by atoms with Gasteiger partial charge in [-0.2, -0.15) is 0 Å². The van der Waals surface area contributed by atoms with E-state index in [1.165, 1.54) is 12.8 Å². The van der Waals surface area contributed by atoms with Gasteiger partial charge in [0, 0.05) is 19.1 Å². The highest BCUT2D eigenvalue weighted by Crippen LogP contribution is 2.18. The fourth-order valence-electron chi connectivity index (χ4n) is 1.84. The molecule has 1 fully saturated rings. The summed E-state index contributed by atoms with van der Waals surface area (Å²) in [4.78, 5) is 0. The summed E-state index contributed by atoms with van der Waals surface area (Å²) in [6, 6.07) is 0.300. The summed E-state index contributed by atoms with van der Waals surface area (Å²) in [6.07, 6.45) is 11.9. The number of hydrazine groups is 1. The summed E-state index contributed by atoms with van der Waals surface area (Å²) in [5.41, 5.74) is 2.81. The van der Waals surface area contributed by atoms with Gasteiger partial charge in [0.05, 0.1) is 6.10 Å². The molecule has 1 rings (SSSR count). The van der Waals surface area contributed by atoms with Gasteiger partial charge in [-0.1, -0.05) is 0 Å². The Balaban J connectivity index is 2.20. The molecule has 0 aromatic carbocycles. The van der Waals surface area contributed by atoms with E-state index in [9.17, 15) is 0 Å².